The summed E-state index contributed by atoms with van der Waals surface area (Å²) in [5, 5.41) is 13.9. The first kappa shape index (κ1) is 20.3. The summed E-state index contributed by atoms with van der Waals surface area (Å²) in [6.45, 7) is 0.388. The molecule has 4 aromatic rings. The van der Waals surface area contributed by atoms with E-state index >= 15 is 0 Å². The van der Waals surface area contributed by atoms with Gasteiger partial charge in [-0.25, -0.2) is 9.78 Å². The molecule has 156 valence electrons. The predicted octanol–water partition coefficient (Wildman–Crippen LogP) is 3.90. The highest BCUT2D eigenvalue weighted by Crippen LogP contribution is 2.21. The maximum absolute atomic E-state index is 13.2. The normalized spacial score (nSPS) is 10.7. The van der Waals surface area contributed by atoms with Crippen LogP contribution in [-0.2, 0) is 6.54 Å². The summed E-state index contributed by atoms with van der Waals surface area (Å²) in [5.74, 6) is -0.489. The molecule has 0 saturated heterocycles. The van der Waals surface area contributed by atoms with E-state index in [0.717, 1.165) is 9.78 Å². The van der Waals surface area contributed by atoms with Crippen LogP contribution in [0.1, 0.15) is 31.2 Å². The Morgan fingerprint density at radius 1 is 1.10 bits per heavy atom. The quantitative estimate of drug-likeness (QED) is 0.398. The molecule has 8 nitrogen and oxygen atoms in total. The number of anilines is 1. The molecule has 2 amide bonds. The van der Waals surface area contributed by atoms with E-state index in [0.29, 0.717) is 28.7 Å². The number of rotatable bonds is 6. The summed E-state index contributed by atoms with van der Waals surface area (Å²) < 4.78 is 0. The molecule has 2 heterocycles. The average Bonchev–Trinajstić information content (AvgIpc) is 3.45. The van der Waals surface area contributed by atoms with Gasteiger partial charge in [0.1, 0.15) is 0 Å². The van der Waals surface area contributed by atoms with Crippen molar-refractivity contribution in [3.63, 3.8) is 0 Å². The van der Waals surface area contributed by atoms with Gasteiger partial charge in [-0.1, -0.05) is 24.3 Å². The molecule has 0 aliphatic carbocycles. The lowest BCUT2D eigenvalue weighted by Crippen LogP contribution is -2.24. The number of carbonyl (C=O) groups excluding carboxylic acids is 2. The van der Waals surface area contributed by atoms with E-state index in [4.69, 9.17) is 5.11 Å². The smallest absolute Gasteiger partial charge is 0.413 e. The Morgan fingerprint density at radius 3 is 2.58 bits per heavy atom. The van der Waals surface area contributed by atoms with Crippen LogP contribution < -0.4 is 10.2 Å². The van der Waals surface area contributed by atoms with Gasteiger partial charge in [-0.05, 0) is 35.7 Å². The summed E-state index contributed by atoms with van der Waals surface area (Å²) in [6.07, 6.45) is -1.15. The van der Waals surface area contributed by atoms with Crippen molar-refractivity contribution in [1.29, 1.82) is 0 Å². The van der Waals surface area contributed by atoms with Gasteiger partial charge in [-0.15, -0.1) is 11.3 Å². The van der Waals surface area contributed by atoms with Gasteiger partial charge in [0.25, 0.3) is 5.91 Å². The van der Waals surface area contributed by atoms with Crippen LogP contribution in [0.3, 0.4) is 0 Å². The molecule has 0 fully saturated rings. The Bertz CT molecular complexity index is 1280. The Morgan fingerprint density at radius 2 is 1.87 bits per heavy atom. The number of fused-ring (bicyclic) bond motifs is 1. The zero-order chi connectivity index (χ0) is 22.0. The van der Waals surface area contributed by atoms with Gasteiger partial charge < -0.3 is 15.4 Å². The highest BCUT2D eigenvalue weighted by molar-refractivity contribution is 7.09. The molecule has 4 rings (SSSR count). The van der Waals surface area contributed by atoms with Gasteiger partial charge in [0.05, 0.1) is 23.1 Å². The number of amides is 2. The molecular weight excluding hydrogens is 416 g/mol. The second-order valence-electron chi connectivity index (χ2n) is 6.77. The summed E-state index contributed by atoms with van der Waals surface area (Å²) in [7, 11) is 1.37. The van der Waals surface area contributed by atoms with Crippen LogP contribution >= 0.6 is 11.3 Å². The number of nitrogens with zero attached hydrogens (tertiary/aromatic N) is 2. The van der Waals surface area contributed by atoms with Crippen LogP contribution in [-0.4, -0.2) is 39.9 Å². The van der Waals surface area contributed by atoms with E-state index < -0.39 is 6.09 Å². The second kappa shape index (κ2) is 8.41. The fourth-order valence-electron chi connectivity index (χ4n) is 3.10. The van der Waals surface area contributed by atoms with Crippen LogP contribution in [0.4, 0.5) is 10.7 Å². The number of hydrogen-bond donors (Lipinski definition) is 3. The molecule has 2 aromatic carbocycles. The lowest BCUT2D eigenvalue weighted by atomic mass is 9.97. The van der Waals surface area contributed by atoms with Gasteiger partial charge in [0, 0.05) is 23.1 Å². The number of ketones is 1. The first-order valence-electron chi connectivity index (χ1n) is 9.35. The van der Waals surface area contributed by atoms with Crippen molar-refractivity contribution in [1.82, 2.24) is 15.3 Å². The number of carbonyl (C=O) groups is 3. The minimum Gasteiger partial charge on any atom is -0.465 e. The van der Waals surface area contributed by atoms with Crippen LogP contribution in [0.2, 0.25) is 0 Å². The SMILES string of the molecule is CN(C(=O)O)c1nc2ccc(C(=O)c3ccccc3C(=O)NCc3cccs3)cc2[nH]1. The summed E-state index contributed by atoms with van der Waals surface area (Å²) in [5.41, 5.74) is 1.99. The second-order valence-corrected chi connectivity index (χ2v) is 7.80. The molecule has 0 unspecified atom stereocenters. The number of benzene rings is 2. The lowest BCUT2D eigenvalue weighted by Gasteiger charge is -2.09. The van der Waals surface area contributed by atoms with Gasteiger partial charge in [-0.2, -0.15) is 0 Å². The molecule has 3 N–H and O–H groups in total. The molecule has 0 bridgehead atoms. The third-order valence-electron chi connectivity index (χ3n) is 4.76. The minimum atomic E-state index is -1.15. The number of hydrogen-bond acceptors (Lipinski definition) is 5. The highest BCUT2D eigenvalue weighted by atomic mass is 32.1. The minimum absolute atomic E-state index is 0.153. The van der Waals surface area contributed by atoms with Gasteiger partial charge in [-0.3, -0.25) is 14.5 Å². The van der Waals surface area contributed by atoms with E-state index in [1.54, 1.807) is 53.8 Å². The van der Waals surface area contributed by atoms with Crippen LogP contribution in [0, 0.1) is 0 Å². The maximum atomic E-state index is 13.2. The van der Waals surface area contributed by atoms with Crippen LogP contribution in [0.15, 0.2) is 60.0 Å². The first-order chi connectivity index (χ1) is 14.9. The van der Waals surface area contributed by atoms with Gasteiger partial charge in [0.15, 0.2) is 5.78 Å². The molecule has 2 aromatic heterocycles. The van der Waals surface area contributed by atoms with Crippen molar-refractivity contribution in [3.8, 4) is 0 Å². The predicted molar refractivity (Wildman–Crippen MR) is 118 cm³/mol. The summed E-state index contributed by atoms with van der Waals surface area (Å²) in [6, 6.07) is 15.3. The topological polar surface area (TPSA) is 115 Å². The fraction of sp³-hybridized carbons (Fsp3) is 0.0909. The van der Waals surface area contributed by atoms with Crippen molar-refractivity contribution in [3.05, 3.63) is 81.5 Å². The number of thiophene rings is 1. The van der Waals surface area contributed by atoms with Crippen molar-refractivity contribution in [2.24, 2.45) is 0 Å². The van der Waals surface area contributed by atoms with E-state index in [2.05, 4.69) is 15.3 Å². The van der Waals surface area contributed by atoms with Crippen molar-refractivity contribution in [2.45, 2.75) is 6.54 Å². The summed E-state index contributed by atoms with van der Waals surface area (Å²) in [4.78, 5) is 46.1. The molecule has 0 saturated carbocycles. The monoisotopic (exact) mass is 434 g/mol. The van der Waals surface area contributed by atoms with E-state index in [9.17, 15) is 14.4 Å². The molecule has 0 spiro atoms. The van der Waals surface area contributed by atoms with Crippen molar-refractivity contribution < 1.29 is 19.5 Å². The van der Waals surface area contributed by atoms with E-state index in [1.807, 2.05) is 17.5 Å². The number of carboxylic acid groups (broad SMARTS) is 1. The lowest BCUT2D eigenvalue weighted by molar-refractivity contribution is 0.0940. The number of aromatic amines is 1. The van der Waals surface area contributed by atoms with Crippen molar-refractivity contribution in [2.75, 3.05) is 11.9 Å². The highest BCUT2D eigenvalue weighted by Gasteiger charge is 2.19. The molecule has 0 radical (unpaired) electrons. The zero-order valence-electron chi connectivity index (χ0n) is 16.5. The molecule has 9 heteroatoms. The Labute approximate surface area is 181 Å². The molecule has 31 heavy (non-hydrogen) atoms. The molecule has 0 aliphatic rings. The molecular formula is C22H18N4O4S. The molecule has 0 atom stereocenters. The Hall–Kier alpha value is -3.98. The summed E-state index contributed by atoms with van der Waals surface area (Å²) >= 11 is 1.54. The number of H-pyrrole nitrogens is 1. The van der Waals surface area contributed by atoms with Crippen LogP contribution in [0.5, 0.6) is 0 Å². The zero-order valence-corrected chi connectivity index (χ0v) is 17.3. The average molecular weight is 434 g/mol. The molecule has 0 aliphatic heterocycles. The van der Waals surface area contributed by atoms with Gasteiger partial charge >= 0.3 is 6.09 Å². The standard InChI is InChI=1S/C22H18N4O4S/c1-26(22(29)30)21-24-17-9-8-13(11-18(17)25-21)19(27)15-6-2-3-7-16(15)20(28)23-12-14-5-4-10-31-14/h2-11H,12H2,1H3,(H,23,28)(H,24,25)(H,29,30). The Kier molecular flexibility index (Phi) is 5.50. The number of imidazole rings is 1. The van der Waals surface area contributed by atoms with E-state index in [-0.39, 0.29) is 23.2 Å². The first-order valence-corrected chi connectivity index (χ1v) is 10.2. The largest absolute Gasteiger partial charge is 0.465 e. The third-order valence-corrected chi connectivity index (χ3v) is 5.63. The third kappa shape index (κ3) is 4.17. The van der Waals surface area contributed by atoms with Gasteiger partial charge in [0.2, 0.25) is 5.95 Å². The number of nitrogens with one attached hydrogen (secondary N) is 2. The van der Waals surface area contributed by atoms with Crippen LogP contribution in [0.25, 0.3) is 11.0 Å². The maximum Gasteiger partial charge on any atom is 0.413 e. The fourth-order valence-corrected chi connectivity index (χ4v) is 3.74. The van der Waals surface area contributed by atoms with Crippen molar-refractivity contribution >= 4 is 46.1 Å². The number of aromatic nitrogens is 2. The van der Waals surface area contributed by atoms with E-state index in [1.165, 1.54) is 7.05 Å². The Balaban J connectivity index is 1.61.